The van der Waals surface area contributed by atoms with Crippen molar-refractivity contribution in [2.24, 2.45) is 23.3 Å². The van der Waals surface area contributed by atoms with Gasteiger partial charge in [0.15, 0.2) is 0 Å². The molecule has 0 spiro atoms. The summed E-state index contributed by atoms with van der Waals surface area (Å²) in [5.41, 5.74) is 14.9. The Bertz CT molecular complexity index is 1830. The largest absolute Gasteiger partial charge is 0.466 e. The molecule has 0 unspecified atom stereocenters. The van der Waals surface area contributed by atoms with E-state index in [0.717, 1.165) is 89.5 Å². The summed E-state index contributed by atoms with van der Waals surface area (Å²) in [6, 6.07) is 6.17. The SMILES string of the molecule is CC(C)OC1CCCC1.CC(C)OCC(=O)N1CCC(N)CC1.CC(C)OCC(=O)N1CCOCC1.CC(C)OCCN(C)C.CC(C)OCc1ccccn1.CC(C)ONC(=O)N1CCC(N)CC1.CC1CCN(C(=O)COC(C)C)CC1.CCOC(=O)C(C)C. The molecular weight excluding hydrogens is 1180 g/mol. The van der Waals surface area contributed by atoms with Crippen molar-refractivity contribution in [2.45, 2.75) is 256 Å². The number of nitrogens with zero attached hydrogens (tertiary/aromatic N) is 6. The summed E-state index contributed by atoms with van der Waals surface area (Å²) in [7, 11) is 4.09. The van der Waals surface area contributed by atoms with Crippen molar-refractivity contribution in [3.05, 3.63) is 30.1 Å². The van der Waals surface area contributed by atoms with Crippen LogP contribution in [-0.4, -0.2) is 239 Å². The third-order valence-corrected chi connectivity index (χ3v) is 14.0. The minimum absolute atomic E-state index is 0.00555. The lowest BCUT2D eigenvalue weighted by atomic mass is 9.99. The Morgan fingerprint density at radius 3 is 1.35 bits per heavy atom. The molecule has 23 heteroatoms. The van der Waals surface area contributed by atoms with Crippen LogP contribution in [0.4, 0.5) is 4.79 Å². The zero-order chi connectivity index (χ0) is 70.0. The molecular formula is C69H135N9O14. The second-order valence-corrected chi connectivity index (χ2v) is 26.2. The molecule has 5 amide bonds. The number of urea groups is 1. The molecule has 5 N–H and O–H groups in total. The van der Waals surface area contributed by atoms with E-state index in [0.29, 0.717) is 70.9 Å². The number of aromatic nitrogens is 1. The minimum atomic E-state index is -0.161. The van der Waals surface area contributed by atoms with Crippen LogP contribution in [0, 0.1) is 11.8 Å². The Hall–Kier alpha value is -4.14. The Morgan fingerprint density at radius 1 is 0.565 bits per heavy atom. The lowest BCUT2D eigenvalue weighted by Crippen LogP contribution is -2.47. The summed E-state index contributed by atoms with van der Waals surface area (Å²) in [5.74, 6) is 0.959. The second kappa shape index (κ2) is 56.1. The van der Waals surface area contributed by atoms with Crippen molar-refractivity contribution in [1.29, 1.82) is 0 Å². The normalized spacial score (nSPS) is 16.5. The number of amides is 5. The topological polar surface area (TPSA) is 262 Å². The van der Waals surface area contributed by atoms with E-state index in [4.69, 9.17) is 49.5 Å². The van der Waals surface area contributed by atoms with E-state index < -0.39 is 0 Å². The molecule has 1 saturated carbocycles. The van der Waals surface area contributed by atoms with Gasteiger partial charge in [0, 0.05) is 77.2 Å². The van der Waals surface area contributed by atoms with Crippen molar-refractivity contribution in [1.82, 2.24) is 35.0 Å². The molecule has 23 nitrogen and oxygen atoms in total. The molecule has 5 fully saturated rings. The van der Waals surface area contributed by atoms with Crippen molar-refractivity contribution < 1.29 is 66.7 Å². The van der Waals surface area contributed by atoms with E-state index in [1.807, 2.05) is 125 Å². The first-order valence-electron chi connectivity index (χ1n) is 34.4. The number of pyridine rings is 1. The van der Waals surface area contributed by atoms with Gasteiger partial charge >= 0.3 is 12.0 Å². The van der Waals surface area contributed by atoms with E-state index in [-0.39, 0.29) is 98.1 Å². The van der Waals surface area contributed by atoms with Gasteiger partial charge in [-0.3, -0.25) is 29.0 Å². The number of carbonyl (C=O) groups excluding carboxylic acids is 5. The average molecular weight is 1310 g/mol. The van der Waals surface area contributed by atoms with Crippen LogP contribution < -0.4 is 16.9 Å². The smallest absolute Gasteiger partial charge is 0.341 e. The average Bonchev–Trinajstić information content (AvgIpc) is 1.82. The van der Waals surface area contributed by atoms with Crippen LogP contribution in [-0.2, 0) is 68.5 Å². The van der Waals surface area contributed by atoms with E-state index >= 15 is 0 Å². The Labute approximate surface area is 558 Å². The minimum Gasteiger partial charge on any atom is -0.466 e. The predicted octanol–water partition coefficient (Wildman–Crippen LogP) is 9.30. The van der Waals surface area contributed by atoms with Crippen LogP contribution in [0.25, 0.3) is 0 Å². The molecule has 540 valence electrons. The first kappa shape index (κ1) is 89.9. The van der Waals surface area contributed by atoms with Crippen LogP contribution in [0.5, 0.6) is 0 Å². The van der Waals surface area contributed by atoms with Gasteiger partial charge in [-0.25, -0.2) is 10.3 Å². The van der Waals surface area contributed by atoms with Crippen LogP contribution >= 0.6 is 0 Å². The quantitative estimate of drug-likeness (QED) is 0.0721. The number of hydrogen-bond donors (Lipinski definition) is 3. The van der Waals surface area contributed by atoms with Crippen LogP contribution in [0.1, 0.15) is 195 Å². The maximum Gasteiger partial charge on any atom is 0.341 e. The van der Waals surface area contributed by atoms with Gasteiger partial charge in [-0.2, -0.15) is 0 Å². The van der Waals surface area contributed by atoms with Crippen LogP contribution in [0.3, 0.4) is 0 Å². The number of morpholine rings is 1. The number of hydrogen-bond acceptors (Lipinski definition) is 18. The van der Waals surface area contributed by atoms with Gasteiger partial charge in [-0.1, -0.05) is 39.7 Å². The van der Waals surface area contributed by atoms with E-state index in [2.05, 4.69) is 54.7 Å². The Morgan fingerprint density at radius 2 is 0.989 bits per heavy atom. The number of piperidine rings is 3. The molecule has 0 atom stereocenters. The standard InChI is InChI=1S/C11H21NO2.C10H20N2O2.C9H19N3O2.C9H17NO3.C9H13NO.C8H16O.C7H17NO.C6H12O2/c1-9(2)14-8-11(13)12-6-4-10(3)5-7-12;1-8(2)14-7-10(13)12-5-3-9(11)4-6-12;1-7(2)14-11-9(13)12-5-3-8(10)4-6-12;1-8(2)13-7-9(11)10-3-5-12-6-4-10;1-8(2)11-7-9-5-3-4-6-10-9;1-7(2)9-8-5-3-4-6-8;1-7(2)9-6-5-8(3)4;1-4-8-6(7)5(2)3/h9-10H,4-8H2,1-3H3;8-9H,3-7,11H2,1-2H3;7-8H,3-6,10H2,1-2H3,(H,11,13);8H,3-7H2,1-2H3;3-6,8H,7H2,1-2H3;7-8H,3-6H2,1-2H3;7H,5-6H2,1-4H3;5H,4H2,1-3H3. The number of ether oxygens (including phenoxy) is 8. The number of rotatable bonds is 22. The van der Waals surface area contributed by atoms with Crippen LogP contribution in [0.15, 0.2) is 24.4 Å². The zero-order valence-corrected chi connectivity index (χ0v) is 61.4. The second-order valence-electron chi connectivity index (χ2n) is 26.2. The third kappa shape index (κ3) is 54.1. The molecule has 4 aliphatic heterocycles. The Kier molecular flexibility index (Phi) is 54.8. The fourth-order valence-corrected chi connectivity index (χ4v) is 8.47. The van der Waals surface area contributed by atoms with Crippen molar-refractivity contribution in [3.8, 4) is 0 Å². The highest BCUT2D eigenvalue weighted by Gasteiger charge is 2.24. The number of hydroxylamine groups is 1. The summed E-state index contributed by atoms with van der Waals surface area (Å²) in [6.07, 6.45) is 15.0. The molecule has 0 radical (unpaired) electrons. The molecule has 5 aliphatic rings. The molecule has 1 aromatic heterocycles. The van der Waals surface area contributed by atoms with Crippen molar-refractivity contribution in [3.63, 3.8) is 0 Å². The summed E-state index contributed by atoms with van der Waals surface area (Å²) in [6.45, 7) is 46.4. The summed E-state index contributed by atoms with van der Waals surface area (Å²) in [5, 5.41) is 0. The van der Waals surface area contributed by atoms with E-state index in [1.165, 1.54) is 25.7 Å². The highest BCUT2D eigenvalue weighted by Crippen LogP contribution is 2.22. The molecule has 0 aromatic carbocycles. The maximum absolute atomic E-state index is 11.6. The highest BCUT2D eigenvalue weighted by molar-refractivity contribution is 5.78. The van der Waals surface area contributed by atoms with Gasteiger partial charge in [0.1, 0.15) is 19.8 Å². The lowest BCUT2D eigenvalue weighted by Gasteiger charge is -2.30. The first-order chi connectivity index (χ1) is 43.4. The molecule has 92 heavy (non-hydrogen) atoms. The third-order valence-electron chi connectivity index (χ3n) is 14.0. The number of likely N-dealkylation sites (tertiary alicyclic amines) is 3. The van der Waals surface area contributed by atoms with E-state index in [1.54, 1.807) is 22.9 Å². The molecule has 6 rings (SSSR count). The van der Waals surface area contributed by atoms with Crippen molar-refractivity contribution in [2.75, 3.05) is 119 Å². The van der Waals surface area contributed by atoms with Gasteiger partial charge in [0.05, 0.1) is 93.5 Å². The van der Waals surface area contributed by atoms with Gasteiger partial charge in [0.2, 0.25) is 17.7 Å². The first-order valence-corrected chi connectivity index (χ1v) is 34.4. The van der Waals surface area contributed by atoms with Gasteiger partial charge < -0.3 is 73.9 Å². The lowest BCUT2D eigenvalue weighted by molar-refractivity contribution is -0.146. The number of esters is 1. The molecule has 5 heterocycles. The van der Waals surface area contributed by atoms with Crippen LogP contribution in [0.2, 0.25) is 0 Å². The maximum atomic E-state index is 11.6. The fourth-order valence-electron chi connectivity index (χ4n) is 8.47. The summed E-state index contributed by atoms with van der Waals surface area (Å²) < 4.78 is 41.9. The molecule has 1 aromatic rings. The van der Waals surface area contributed by atoms with Crippen molar-refractivity contribution >= 4 is 29.7 Å². The van der Waals surface area contributed by atoms with E-state index in [9.17, 15) is 24.0 Å². The monoisotopic (exact) mass is 1310 g/mol. The number of likely N-dealkylation sites (N-methyl/N-ethyl adjacent to an activating group) is 1. The summed E-state index contributed by atoms with van der Waals surface area (Å²) >= 11 is 0. The number of carbonyl (C=O) groups is 5. The summed E-state index contributed by atoms with van der Waals surface area (Å²) in [4.78, 5) is 75.1. The highest BCUT2D eigenvalue weighted by atomic mass is 16.7. The van der Waals surface area contributed by atoms with Gasteiger partial charge in [-0.15, -0.1) is 0 Å². The number of nitrogens with one attached hydrogen (secondary N) is 1. The fraction of sp³-hybridized carbons (Fsp3) is 0.855. The van der Waals surface area contributed by atoms with Gasteiger partial charge in [-0.05, 0) is 187 Å². The molecule has 1 aliphatic carbocycles. The number of nitrogens with two attached hydrogens (primary N) is 2. The van der Waals surface area contributed by atoms with Gasteiger partial charge in [0.25, 0.3) is 0 Å². The predicted molar refractivity (Wildman–Crippen MR) is 367 cm³/mol. The Balaban J connectivity index is 0. The molecule has 0 bridgehead atoms. The molecule has 4 saturated heterocycles. The zero-order valence-electron chi connectivity index (χ0n) is 61.4.